The molecule has 4 nitrogen and oxygen atoms in total. The second-order valence-corrected chi connectivity index (χ2v) is 5.07. The van der Waals surface area contributed by atoms with Crippen LogP contribution in [-0.4, -0.2) is 26.3 Å². The standard InChI is InChI=1S/C13H12N2O2S/c1-9(13(16)17)18-12-7-11(14-8-15-12)10-5-3-2-4-6-10/h2-9H,1H3,(H,16,17). The Morgan fingerprint density at radius 1 is 1.28 bits per heavy atom. The zero-order valence-corrected chi connectivity index (χ0v) is 10.6. The van der Waals surface area contributed by atoms with Gasteiger partial charge in [0.05, 0.1) is 5.69 Å². The Morgan fingerprint density at radius 2 is 2.00 bits per heavy atom. The van der Waals surface area contributed by atoms with Crippen molar-refractivity contribution in [3.05, 3.63) is 42.7 Å². The minimum Gasteiger partial charge on any atom is -0.480 e. The van der Waals surface area contributed by atoms with Crippen LogP contribution in [0, 0.1) is 0 Å². The van der Waals surface area contributed by atoms with Crippen molar-refractivity contribution >= 4 is 17.7 Å². The third kappa shape index (κ3) is 3.07. The molecule has 0 amide bonds. The van der Waals surface area contributed by atoms with E-state index in [4.69, 9.17) is 5.11 Å². The van der Waals surface area contributed by atoms with Gasteiger partial charge in [-0.05, 0) is 13.0 Å². The number of hydrogen-bond donors (Lipinski definition) is 1. The van der Waals surface area contributed by atoms with Crippen molar-refractivity contribution in [2.45, 2.75) is 17.2 Å². The van der Waals surface area contributed by atoms with Crippen molar-refractivity contribution in [1.82, 2.24) is 9.97 Å². The summed E-state index contributed by atoms with van der Waals surface area (Å²) in [5, 5.41) is 9.01. The maximum Gasteiger partial charge on any atom is 0.316 e. The fraction of sp³-hybridized carbons (Fsp3) is 0.154. The predicted octanol–water partition coefficient (Wildman–Crippen LogP) is 2.71. The van der Waals surface area contributed by atoms with E-state index in [1.54, 1.807) is 13.0 Å². The lowest BCUT2D eigenvalue weighted by Crippen LogP contribution is -2.11. The zero-order chi connectivity index (χ0) is 13.0. The Kier molecular flexibility index (Phi) is 3.94. The summed E-state index contributed by atoms with van der Waals surface area (Å²) in [7, 11) is 0. The number of aliphatic carboxylic acids is 1. The fourth-order valence-corrected chi connectivity index (χ4v) is 2.15. The van der Waals surface area contributed by atoms with Gasteiger partial charge in [0.1, 0.15) is 16.6 Å². The van der Waals surface area contributed by atoms with Crippen LogP contribution in [0.4, 0.5) is 0 Å². The molecule has 0 saturated carbocycles. The Hall–Kier alpha value is -1.88. The highest BCUT2D eigenvalue weighted by molar-refractivity contribution is 8.00. The second kappa shape index (κ2) is 5.64. The molecular formula is C13H12N2O2S. The molecule has 2 aromatic rings. The third-order valence-electron chi connectivity index (χ3n) is 2.36. The van der Waals surface area contributed by atoms with Crippen LogP contribution in [0.25, 0.3) is 11.3 Å². The van der Waals surface area contributed by atoms with Crippen LogP contribution >= 0.6 is 11.8 Å². The maximum atomic E-state index is 10.8. The molecule has 1 heterocycles. The van der Waals surface area contributed by atoms with Gasteiger partial charge in [-0.25, -0.2) is 9.97 Å². The van der Waals surface area contributed by atoms with Gasteiger partial charge in [0.25, 0.3) is 0 Å². The molecule has 0 aliphatic carbocycles. The van der Waals surface area contributed by atoms with Crippen LogP contribution in [0.5, 0.6) is 0 Å². The van der Waals surface area contributed by atoms with Gasteiger partial charge in [-0.3, -0.25) is 4.79 Å². The monoisotopic (exact) mass is 260 g/mol. The summed E-state index contributed by atoms with van der Waals surface area (Å²) in [4.78, 5) is 19.1. The molecule has 0 fully saturated rings. The summed E-state index contributed by atoms with van der Waals surface area (Å²) in [6.07, 6.45) is 1.46. The lowest BCUT2D eigenvalue weighted by atomic mass is 10.1. The molecule has 1 aromatic carbocycles. The van der Waals surface area contributed by atoms with Gasteiger partial charge >= 0.3 is 5.97 Å². The number of benzene rings is 1. The van der Waals surface area contributed by atoms with Crippen LogP contribution in [0.15, 0.2) is 47.8 Å². The van der Waals surface area contributed by atoms with E-state index in [1.165, 1.54) is 18.1 Å². The van der Waals surface area contributed by atoms with E-state index in [0.717, 1.165) is 11.3 Å². The largest absolute Gasteiger partial charge is 0.480 e. The number of nitrogens with zero attached hydrogens (tertiary/aromatic N) is 2. The summed E-state index contributed by atoms with van der Waals surface area (Å²) in [5.74, 6) is -0.847. The zero-order valence-electron chi connectivity index (χ0n) is 9.78. The van der Waals surface area contributed by atoms with Gasteiger partial charge in [0.15, 0.2) is 0 Å². The normalized spacial score (nSPS) is 12.1. The average molecular weight is 260 g/mol. The number of rotatable bonds is 4. The Balaban J connectivity index is 2.23. The number of carboxylic acids is 1. The quantitative estimate of drug-likeness (QED) is 0.676. The molecule has 18 heavy (non-hydrogen) atoms. The van der Waals surface area contributed by atoms with E-state index in [-0.39, 0.29) is 0 Å². The van der Waals surface area contributed by atoms with Crippen molar-refractivity contribution < 1.29 is 9.90 Å². The van der Waals surface area contributed by atoms with Crippen LogP contribution in [-0.2, 0) is 4.79 Å². The number of carboxylic acid groups (broad SMARTS) is 1. The predicted molar refractivity (Wildman–Crippen MR) is 70.4 cm³/mol. The van der Waals surface area contributed by atoms with Gasteiger partial charge < -0.3 is 5.11 Å². The highest BCUT2D eigenvalue weighted by Gasteiger charge is 2.13. The van der Waals surface area contributed by atoms with E-state index in [0.29, 0.717) is 5.03 Å². The first-order chi connectivity index (χ1) is 8.66. The number of hydrogen-bond acceptors (Lipinski definition) is 4. The molecule has 0 aliphatic rings. The van der Waals surface area contributed by atoms with Gasteiger partial charge in [-0.15, -0.1) is 0 Å². The molecule has 0 saturated heterocycles. The summed E-state index contributed by atoms with van der Waals surface area (Å²) < 4.78 is 0. The summed E-state index contributed by atoms with van der Waals surface area (Å²) in [6.45, 7) is 1.64. The molecular weight excluding hydrogens is 248 g/mol. The first-order valence-corrected chi connectivity index (χ1v) is 6.31. The fourth-order valence-electron chi connectivity index (χ4n) is 1.40. The van der Waals surface area contributed by atoms with Gasteiger partial charge in [-0.1, -0.05) is 42.1 Å². The Morgan fingerprint density at radius 3 is 2.67 bits per heavy atom. The van der Waals surface area contributed by atoms with Crippen molar-refractivity contribution in [2.24, 2.45) is 0 Å². The topological polar surface area (TPSA) is 63.1 Å². The van der Waals surface area contributed by atoms with E-state index in [2.05, 4.69) is 9.97 Å². The minimum absolute atomic E-state index is 0.525. The van der Waals surface area contributed by atoms with Crippen molar-refractivity contribution in [3.63, 3.8) is 0 Å². The first-order valence-electron chi connectivity index (χ1n) is 5.44. The molecule has 0 aliphatic heterocycles. The summed E-state index contributed by atoms with van der Waals surface area (Å²) in [5.41, 5.74) is 1.79. The molecule has 0 spiro atoms. The summed E-state index contributed by atoms with van der Waals surface area (Å²) >= 11 is 1.21. The van der Waals surface area contributed by atoms with E-state index < -0.39 is 11.2 Å². The number of aromatic nitrogens is 2. The molecule has 1 N–H and O–H groups in total. The highest BCUT2D eigenvalue weighted by Crippen LogP contribution is 2.24. The van der Waals surface area contributed by atoms with Crippen molar-refractivity contribution in [3.8, 4) is 11.3 Å². The highest BCUT2D eigenvalue weighted by atomic mass is 32.2. The van der Waals surface area contributed by atoms with Crippen LogP contribution in [0.2, 0.25) is 0 Å². The molecule has 92 valence electrons. The third-order valence-corrected chi connectivity index (χ3v) is 3.38. The van der Waals surface area contributed by atoms with E-state index in [9.17, 15) is 4.79 Å². The Bertz CT molecular complexity index is 546. The smallest absolute Gasteiger partial charge is 0.316 e. The van der Waals surface area contributed by atoms with Gasteiger partial charge in [0.2, 0.25) is 0 Å². The maximum absolute atomic E-state index is 10.8. The molecule has 1 unspecified atom stereocenters. The number of carbonyl (C=O) groups is 1. The Labute approximate surface area is 109 Å². The van der Waals surface area contributed by atoms with E-state index >= 15 is 0 Å². The van der Waals surface area contributed by atoms with Gasteiger partial charge in [-0.2, -0.15) is 0 Å². The number of thioether (sulfide) groups is 1. The summed E-state index contributed by atoms with van der Waals surface area (Å²) in [6, 6.07) is 11.5. The molecule has 0 bridgehead atoms. The minimum atomic E-state index is -0.847. The average Bonchev–Trinajstić information content (AvgIpc) is 2.40. The van der Waals surface area contributed by atoms with Crippen LogP contribution < -0.4 is 0 Å². The van der Waals surface area contributed by atoms with E-state index in [1.807, 2.05) is 30.3 Å². The molecule has 5 heteroatoms. The lowest BCUT2D eigenvalue weighted by molar-refractivity contribution is -0.136. The van der Waals surface area contributed by atoms with Crippen LogP contribution in [0.1, 0.15) is 6.92 Å². The SMILES string of the molecule is CC(Sc1cc(-c2ccccc2)ncn1)C(=O)O. The lowest BCUT2D eigenvalue weighted by Gasteiger charge is -2.06. The first kappa shape index (κ1) is 12.6. The molecule has 2 rings (SSSR count). The van der Waals surface area contributed by atoms with Crippen molar-refractivity contribution in [2.75, 3.05) is 0 Å². The molecule has 1 atom stereocenters. The molecule has 1 aromatic heterocycles. The van der Waals surface area contributed by atoms with Crippen LogP contribution in [0.3, 0.4) is 0 Å². The van der Waals surface area contributed by atoms with Gasteiger partial charge in [0, 0.05) is 5.56 Å². The molecule has 0 radical (unpaired) electrons. The second-order valence-electron chi connectivity index (χ2n) is 3.71. The van der Waals surface area contributed by atoms with Crippen molar-refractivity contribution in [1.29, 1.82) is 0 Å².